The highest BCUT2D eigenvalue weighted by atomic mass is 32.1. The zero-order valence-corrected chi connectivity index (χ0v) is 15.8. The Kier molecular flexibility index (Phi) is 5.62. The second-order valence-electron chi connectivity index (χ2n) is 6.13. The lowest BCUT2D eigenvalue weighted by molar-refractivity contribution is -0.147. The number of thiazole rings is 1. The molecule has 8 nitrogen and oxygen atoms in total. The minimum absolute atomic E-state index is 0.00117. The normalized spacial score (nSPS) is 18.9. The lowest BCUT2D eigenvalue weighted by atomic mass is 9.99. The molecule has 1 aromatic carbocycles. The number of carboxylic acid groups (broad SMARTS) is 1. The number of hydrogen-bond donors (Lipinski definition) is 2. The van der Waals surface area contributed by atoms with Crippen molar-refractivity contribution < 1.29 is 28.9 Å². The molecule has 1 aliphatic heterocycles. The van der Waals surface area contributed by atoms with E-state index in [4.69, 9.17) is 14.2 Å². The maximum atomic E-state index is 12.3. The smallest absolute Gasteiger partial charge is 0.331 e. The second kappa shape index (κ2) is 7.93. The molecule has 1 atom stereocenters. The van der Waals surface area contributed by atoms with Gasteiger partial charge >= 0.3 is 5.97 Å². The van der Waals surface area contributed by atoms with E-state index in [9.17, 15) is 14.7 Å². The van der Waals surface area contributed by atoms with Crippen LogP contribution in [0.2, 0.25) is 0 Å². The largest absolute Gasteiger partial charge is 0.493 e. The first-order valence-electron chi connectivity index (χ1n) is 8.26. The molecule has 1 fully saturated rings. The van der Waals surface area contributed by atoms with Crippen molar-refractivity contribution in [1.82, 2.24) is 10.3 Å². The van der Waals surface area contributed by atoms with E-state index in [1.165, 1.54) is 11.3 Å². The minimum atomic E-state index is -1.35. The number of nitrogens with zero attached hydrogens (tertiary/aromatic N) is 1. The number of carboxylic acids is 1. The first kappa shape index (κ1) is 19.1. The van der Waals surface area contributed by atoms with E-state index in [0.717, 1.165) is 10.6 Å². The van der Waals surface area contributed by atoms with Gasteiger partial charge in [0.2, 0.25) is 5.91 Å². The van der Waals surface area contributed by atoms with Gasteiger partial charge in [0.05, 0.1) is 32.9 Å². The van der Waals surface area contributed by atoms with Crippen molar-refractivity contribution in [3.63, 3.8) is 0 Å². The molecule has 0 spiro atoms. The van der Waals surface area contributed by atoms with Crippen molar-refractivity contribution in [1.29, 1.82) is 0 Å². The van der Waals surface area contributed by atoms with Gasteiger partial charge in [-0.25, -0.2) is 9.78 Å². The van der Waals surface area contributed by atoms with Crippen LogP contribution in [0.1, 0.15) is 12.1 Å². The summed E-state index contributed by atoms with van der Waals surface area (Å²) in [7, 11) is 3.13. The van der Waals surface area contributed by atoms with Crippen LogP contribution in [-0.2, 0) is 20.7 Å². The molecule has 2 aromatic rings. The third-order valence-electron chi connectivity index (χ3n) is 4.33. The average molecular weight is 392 g/mol. The minimum Gasteiger partial charge on any atom is -0.493 e. The van der Waals surface area contributed by atoms with E-state index in [1.54, 1.807) is 25.7 Å². The Morgan fingerprint density at radius 2 is 2.11 bits per heavy atom. The number of nitrogens with one attached hydrogen (secondary N) is 1. The molecule has 1 amide bonds. The van der Waals surface area contributed by atoms with Crippen LogP contribution >= 0.6 is 11.3 Å². The van der Waals surface area contributed by atoms with Crippen LogP contribution in [-0.4, -0.2) is 54.9 Å². The molecule has 0 bridgehead atoms. The standard InChI is InChI=1S/C18H20N2O6S/c1-24-13-4-3-11(7-14(13)25-2)16-19-12(9-27-16)8-15(21)20-18(17(22)23)5-6-26-10-18/h3-4,7,9H,5-6,8,10H2,1-2H3,(H,20,21)(H,22,23). The number of aromatic nitrogens is 1. The van der Waals surface area contributed by atoms with E-state index in [-0.39, 0.29) is 19.4 Å². The number of methoxy groups -OCH3 is 2. The SMILES string of the molecule is COc1ccc(-c2nc(CC(=O)NC3(C(=O)O)CCOC3)cs2)cc1OC. The Labute approximate surface area is 160 Å². The maximum Gasteiger partial charge on any atom is 0.331 e. The summed E-state index contributed by atoms with van der Waals surface area (Å²) in [6.07, 6.45) is 0.251. The Balaban J connectivity index is 1.71. The van der Waals surface area contributed by atoms with Gasteiger partial charge in [0.1, 0.15) is 5.01 Å². The Bertz CT molecular complexity index is 844. The molecule has 1 aromatic heterocycles. The molecule has 0 radical (unpaired) electrons. The number of carbonyl (C=O) groups is 2. The third kappa shape index (κ3) is 4.04. The first-order valence-corrected chi connectivity index (χ1v) is 9.14. The number of ether oxygens (including phenoxy) is 3. The van der Waals surface area contributed by atoms with Gasteiger partial charge in [0.15, 0.2) is 17.0 Å². The molecule has 27 heavy (non-hydrogen) atoms. The van der Waals surface area contributed by atoms with E-state index in [1.807, 2.05) is 12.1 Å². The summed E-state index contributed by atoms with van der Waals surface area (Å²) in [5.41, 5.74) is 0.0662. The van der Waals surface area contributed by atoms with Crippen LogP contribution in [0.25, 0.3) is 10.6 Å². The zero-order chi connectivity index (χ0) is 19.4. The molecule has 144 valence electrons. The average Bonchev–Trinajstić information content (AvgIpc) is 3.31. The Morgan fingerprint density at radius 3 is 2.74 bits per heavy atom. The molecule has 2 N–H and O–H groups in total. The van der Waals surface area contributed by atoms with E-state index in [0.29, 0.717) is 23.8 Å². The van der Waals surface area contributed by atoms with E-state index in [2.05, 4.69) is 10.3 Å². The van der Waals surface area contributed by atoms with Crippen molar-refractivity contribution in [2.75, 3.05) is 27.4 Å². The molecule has 1 aliphatic rings. The molecular formula is C18H20N2O6S. The lowest BCUT2D eigenvalue weighted by Crippen LogP contribution is -2.55. The molecule has 9 heteroatoms. The fourth-order valence-electron chi connectivity index (χ4n) is 2.85. The summed E-state index contributed by atoms with van der Waals surface area (Å²) in [4.78, 5) is 28.3. The van der Waals surface area contributed by atoms with Gasteiger partial charge < -0.3 is 24.6 Å². The summed E-state index contributed by atoms with van der Waals surface area (Å²) in [5.74, 6) is -0.269. The van der Waals surface area contributed by atoms with Crippen molar-refractivity contribution in [2.45, 2.75) is 18.4 Å². The summed E-state index contributed by atoms with van der Waals surface area (Å²) in [6, 6.07) is 5.47. The summed E-state index contributed by atoms with van der Waals surface area (Å²) in [6.45, 7) is 0.286. The summed E-state index contributed by atoms with van der Waals surface area (Å²) < 4.78 is 15.7. The van der Waals surface area contributed by atoms with Gasteiger partial charge in [-0.15, -0.1) is 11.3 Å². The predicted octanol–water partition coefficient (Wildman–Crippen LogP) is 1.73. The number of rotatable bonds is 7. The maximum absolute atomic E-state index is 12.3. The van der Waals surface area contributed by atoms with Crippen LogP contribution < -0.4 is 14.8 Å². The summed E-state index contributed by atoms with van der Waals surface area (Å²) >= 11 is 1.40. The second-order valence-corrected chi connectivity index (χ2v) is 6.99. The number of amides is 1. The van der Waals surface area contributed by atoms with Gasteiger partial charge in [0.25, 0.3) is 0 Å². The van der Waals surface area contributed by atoms with Crippen LogP contribution in [0.3, 0.4) is 0 Å². The van der Waals surface area contributed by atoms with Gasteiger partial charge in [-0.2, -0.15) is 0 Å². The molecule has 0 saturated carbocycles. The van der Waals surface area contributed by atoms with Gasteiger partial charge in [-0.1, -0.05) is 0 Å². The molecule has 2 heterocycles. The fourth-order valence-corrected chi connectivity index (χ4v) is 3.67. The van der Waals surface area contributed by atoms with Crippen molar-refractivity contribution in [3.05, 3.63) is 29.3 Å². The molecule has 1 saturated heterocycles. The fraction of sp³-hybridized carbons (Fsp3) is 0.389. The van der Waals surface area contributed by atoms with Crippen LogP contribution in [0.15, 0.2) is 23.6 Å². The monoisotopic (exact) mass is 392 g/mol. The molecule has 0 aliphatic carbocycles. The van der Waals surface area contributed by atoms with Gasteiger partial charge in [0, 0.05) is 24.0 Å². The van der Waals surface area contributed by atoms with E-state index >= 15 is 0 Å². The Hall–Kier alpha value is -2.65. The van der Waals surface area contributed by atoms with Gasteiger partial charge in [-0.05, 0) is 18.2 Å². The topological polar surface area (TPSA) is 107 Å². The number of hydrogen-bond acceptors (Lipinski definition) is 7. The number of aliphatic carboxylic acids is 1. The molecule has 3 rings (SSSR count). The highest BCUT2D eigenvalue weighted by Gasteiger charge is 2.43. The van der Waals surface area contributed by atoms with Crippen molar-refractivity contribution >= 4 is 23.2 Å². The van der Waals surface area contributed by atoms with Gasteiger partial charge in [-0.3, -0.25) is 4.79 Å². The highest BCUT2D eigenvalue weighted by Crippen LogP contribution is 2.33. The van der Waals surface area contributed by atoms with Crippen LogP contribution in [0, 0.1) is 0 Å². The third-order valence-corrected chi connectivity index (χ3v) is 5.27. The van der Waals surface area contributed by atoms with E-state index < -0.39 is 17.4 Å². The lowest BCUT2D eigenvalue weighted by Gasteiger charge is -2.23. The van der Waals surface area contributed by atoms with Crippen LogP contribution in [0.5, 0.6) is 11.5 Å². The predicted molar refractivity (Wildman–Crippen MR) is 98.3 cm³/mol. The number of benzene rings is 1. The molecular weight excluding hydrogens is 372 g/mol. The quantitative estimate of drug-likeness (QED) is 0.739. The van der Waals surface area contributed by atoms with Crippen molar-refractivity contribution in [3.8, 4) is 22.1 Å². The summed E-state index contributed by atoms with van der Waals surface area (Å²) in [5, 5.41) is 14.5. The van der Waals surface area contributed by atoms with Crippen molar-refractivity contribution in [2.24, 2.45) is 0 Å². The highest BCUT2D eigenvalue weighted by molar-refractivity contribution is 7.13. The zero-order valence-electron chi connectivity index (χ0n) is 15.0. The Morgan fingerprint density at radius 1 is 1.33 bits per heavy atom. The molecule has 1 unspecified atom stereocenters. The first-order chi connectivity index (χ1) is 13.0. The number of carbonyl (C=O) groups excluding carboxylic acids is 1. The van der Waals surface area contributed by atoms with Crippen LogP contribution in [0.4, 0.5) is 0 Å².